The number of nitrogens with one attached hydrogen (secondary N) is 1. The quantitative estimate of drug-likeness (QED) is 0.181. The minimum Gasteiger partial charge on any atom is -0.347 e. The highest BCUT2D eigenvalue weighted by Crippen LogP contribution is 2.38. The van der Waals surface area contributed by atoms with Crippen LogP contribution in [0.4, 0.5) is 0 Å². The second-order valence-corrected chi connectivity index (χ2v) is 12.8. The fourth-order valence-corrected chi connectivity index (χ4v) is 7.23. The maximum atomic E-state index is 4.30. The van der Waals surface area contributed by atoms with Gasteiger partial charge in [0.15, 0.2) is 0 Å². The molecule has 1 aliphatic rings. The van der Waals surface area contributed by atoms with Gasteiger partial charge < -0.3 is 14.5 Å². The van der Waals surface area contributed by atoms with Crippen molar-refractivity contribution in [2.45, 2.75) is 39.0 Å². The summed E-state index contributed by atoms with van der Waals surface area (Å²) in [7, 11) is 3.75. The predicted molar refractivity (Wildman–Crippen MR) is 206 cm³/mol. The molecule has 0 amide bonds. The van der Waals surface area contributed by atoms with Crippen LogP contribution in [0.5, 0.6) is 0 Å². The van der Waals surface area contributed by atoms with Crippen molar-refractivity contribution in [2.24, 2.45) is 5.92 Å². The van der Waals surface area contributed by atoms with Crippen LogP contribution in [0.2, 0.25) is 0 Å². The Kier molecular flexibility index (Phi) is 10.9. The van der Waals surface area contributed by atoms with E-state index < -0.39 is 0 Å². The van der Waals surface area contributed by atoms with Crippen LogP contribution < -0.4 is 5.32 Å². The number of hydrogen-bond donors (Lipinski definition) is 1. The molecule has 0 radical (unpaired) electrons. The van der Waals surface area contributed by atoms with E-state index in [0.717, 1.165) is 56.7 Å². The van der Waals surface area contributed by atoms with Crippen LogP contribution in [0.25, 0.3) is 33.0 Å². The highest BCUT2D eigenvalue weighted by Gasteiger charge is 2.21. The standard InChI is InChI=1S/C42H41N3.C2H7N/c1-3-35-36(4-2)40-31-45(42-22-14-12-20-38(40)42)26-24-34(23-25-44-30-39(35)37-19-11-13-21-41(37)44)29-43(27-32-15-7-5-8-16-32)28-33-17-9-6-10-18-33;1-3-2/h3-22,30-31,34H,1-2,23-29H2;3H,1-2H3/b36-35-;. The summed E-state index contributed by atoms with van der Waals surface area (Å²) in [5, 5.41) is 5.28. The van der Waals surface area contributed by atoms with Crippen LogP contribution >= 0.6 is 0 Å². The summed E-state index contributed by atoms with van der Waals surface area (Å²) in [5.74, 6) is 0.512. The molecule has 7 rings (SSSR count). The van der Waals surface area contributed by atoms with Crippen molar-refractivity contribution < 1.29 is 0 Å². The van der Waals surface area contributed by atoms with Gasteiger partial charge in [-0.1, -0.05) is 122 Å². The number of fused-ring (bicyclic) bond motifs is 10. The molecule has 2 aromatic heterocycles. The summed E-state index contributed by atoms with van der Waals surface area (Å²) in [6.07, 6.45) is 10.9. The van der Waals surface area contributed by atoms with Crippen molar-refractivity contribution in [1.29, 1.82) is 0 Å². The van der Waals surface area contributed by atoms with Gasteiger partial charge in [0.25, 0.3) is 0 Å². The first kappa shape index (κ1) is 33.0. The third kappa shape index (κ3) is 7.31. The average molecular weight is 633 g/mol. The Morgan fingerprint density at radius 1 is 0.625 bits per heavy atom. The third-order valence-electron chi connectivity index (χ3n) is 9.43. The number of rotatable bonds is 8. The van der Waals surface area contributed by atoms with E-state index in [-0.39, 0.29) is 0 Å². The molecule has 1 aliphatic heterocycles. The molecule has 244 valence electrons. The number of hydrogen-bond acceptors (Lipinski definition) is 2. The molecule has 48 heavy (non-hydrogen) atoms. The van der Waals surface area contributed by atoms with Gasteiger partial charge in [0.2, 0.25) is 0 Å². The Balaban J connectivity index is 0.00000129. The summed E-state index contributed by atoms with van der Waals surface area (Å²) in [5.41, 5.74) is 9.99. The van der Waals surface area contributed by atoms with Gasteiger partial charge in [-0.2, -0.15) is 0 Å². The highest BCUT2D eigenvalue weighted by atomic mass is 15.1. The molecule has 1 N–H and O–H groups in total. The lowest BCUT2D eigenvalue weighted by Gasteiger charge is -2.28. The minimum absolute atomic E-state index is 0.512. The topological polar surface area (TPSA) is 25.1 Å². The van der Waals surface area contributed by atoms with Crippen LogP contribution in [-0.4, -0.2) is 34.7 Å². The molecular formula is C44H48N4. The van der Waals surface area contributed by atoms with Gasteiger partial charge in [0.05, 0.1) is 0 Å². The smallest absolute Gasteiger partial charge is 0.0486 e. The molecule has 4 nitrogen and oxygen atoms in total. The molecule has 4 aromatic carbocycles. The lowest BCUT2D eigenvalue weighted by molar-refractivity contribution is 0.195. The van der Waals surface area contributed by atoms with Crippen LogP contribution in [0.1, 0.15) is 35.1 Å². The maximum absolute atomic E-state index is 4.30. The first-order valence-corrected chi connectivity index (χ1v) is 17.2. The zero-order valence-electron chi connectivity index (χ0n) is 28.5. The molecule has 6 aromatic rings. The monoisotopic (exact) mass is 632 g/mol. The molecule has 3 heterocycles. The molecule has 0 fully saturated rings. The number of para-hydroxylation sites is 2. The van der Waals surface area contributed by atoms with Crippen LogP contribution in [0, 0.1) is 5.92 Å². The lowest BCUT2D eigenvalue weighted by Crippen LogP contribution is -2.30. The van der Waals surface area contributed by atoms with Gasteiger partial charge in [-0.15, -0.1) is 0 Å². The molecule has 0 saturated heterocycles. The van der Waals surface area contributed by atoms with Gasteiger partial charge in [-0.05, 0) is 67.3 Å². The van der Waals surface area contributed by atoms with Crippen molar-refractivity contribution in [3.05, 3.63) is 169 Å². The summed E-state index contributed by atoms with van der Waals surface area (Å²) in [6.45, 7) is 13.5. The van der Waals surface area contributed by atoms with Crippen LogP contribution in [0.3, 0.4) is 0 Å². The molecule has 0 unspecified atom stereocenters. The fraction of sp³-hybridized carbons (Fsp3) is 0.227. The first-order valence-electron chi connectivity index (χ1n) is 17.2. The van der Waals surface area contributed by atoms with E-state index in [9.17, 15) is 0 Å². The van der Waals surface area contributed by atoms with E-state index in [2.05, 4.69) is 154 Å². The second-order valence-electron chi connectivity index (χ2n) is 12.8. The zero-order valence-corrected chi connectivity index (χ0v) is 28.5. The lowest BCUT2D eigenvalue weighted by atomic mass is 9.94. The van der Waals surface area contributed by atoms with Crippen molar-refractivity contribution in [2.75, 3.05) is 20.6 Å². The van der Waals surface area contributed by atoms with E-state index in [1.807, 2.05) is 26.2 Å². The third-order valence-corrected chi connectivity index (χ3v) is 9.43. The Labute approximate surface area is 286 Å². The number of allylic oxidation sites excluding steroid dienone is 4. The molecule has 4 bridgehead atoms. The van der Waals surface area contributed by atoms with Crippen molar-refractivity contribution in [1.82, 2.24) is 19.4 Å². The molecule has 0 aliphatic carbocycles. The van der Waals surface area contributed by atoms with Gasteiger partial charge in [0, 0.05) is 78.1 Å². The Morgan fingerprint density at radius 3 is 1.44 bits per heavy atom. The van der Waals surface area contributed by atoms with Gasteiger partial charge in [0.1, 0.15) is 0 Å². The van der Waals surface area contributed by atoms with E-state index in [1.165, 1.54) is 44.1 Å². The van der Waals surface area contributed by atoms with Gasteiger partial charge >= 0.3 is 0 Å². The van der Waals surface area contributed by atoms with E-state index in [0.29, 0.717) is 5.92 Å². The number of aromatic nitrogens is 2. The molecule has 0 atom stereocenters. The van der Waals surface area contributed by atoms with Gasteiger partial charge in [-0.25, -0.2) is 0 Å². The number of benzene rings is 4. The fourth-order valence-electron chi connectivity index (χ4n) is 7.23. The van der Waals surface area contributed by atoms with Crippen molar-refractivity contribution >= 4 is 33.0 Å². The SMILES string of the molecule is C=C/C1=C(\C=C)c2cn(c3ccccc23)CCC(CN(Cc2ccccc2)Cc2ccccc2)CCn2cc1c1ccccc12.CNC. The van der Waals surface area contributed by atoms with E-state index >= 15 is 0 Å². The van der Waals surface area contributed by atoms with Gasteiger partial charge in [-0.3, -0.25) is 4.90 Å². The molecule has 0 spiro atoms. The largest absolute Gasteiger partial charge is 0.347 e. The van der Waals surface area contributed by atoms with Crippen LogP contribution in [-0.2, 0) is 26.2 Å². The minimum atomic E-state index is 0.512. The number of aryl methyl sites for hydroxylation is 2. The summed E-state index contributed by atoms with van der Waals surface area (Å²) < 4.78 is 4.94. The van der Waals surface area contributed by atoms with Crippen molar-refractivity contribution in [3.63, 3.8) is 0 Å². The highest BCUT2D eigenvalue weighted by molar-refractivity contribution is 6.10. The second kappa shape index (κ2) is 15.8. The van der Waals surface area contributed by atoms with Crippen molar-refractivity contribution in [3.8, 4) is 0 Å². The van der Waals surface area contributed by atoms with Crippen LogP contribution in [0.15, 0.2) is 147 Å². The summed E-state index contributed by atoms with van der Waals surface area (Å²) in [6, 6.07) is 39.5. The van der Waals surface area contributed by atoms with E-state index in [1.54, 1.807) is 0 Å². The molecule has 4 heteroatoms. The average Bonchev–Trinajstić information content (AvgIpc) is 3.68. The summed E-state index contributed by atoms with van der Waals surface area (Å²) >= 11 is 0. The Bertz CT molecular complexity index is 1850. The normalized spacial score (nSPS) is 15.3. The Morgan fingerprint density at radius 2 is 1.02 bits per heavy atom. The summed E-state index contributed by atoms with van der Waals surface area (Å²) in [4.78, 5) is 2.65. The maximum Gasteiger partial charge on any atom is 0.0486 e. The number of nitrogens with zero attached hydrogens (tertiary/aromatic N) is 3. The predicted octanol–water partition coefficient (Wildman–Crippen LogP) is 9.83. The molecule has 0 saturated carbocycles. The molecular weight excluding hydrogens is 585 g/mol. The first-order chi connectivity index (χ1) is 23.6. The van der Waals surface area contributed by atoms with E-state index in [4.69, 9.17) is 0 Å². The Hall–Kier alpha value is -4.90. The zero-order chi connectivity index (χ0) is 33.3.